The van der Waals surface area contributed by atoms with Gasteiger partial charge in [-0.15, -0.1) is 0 Å². The summed E-state index contributed by atoms with van der Waals surface area (Å²) in [6.45, 7) is 2.16. The largest absolute Gasteiger partial charge is 0.411 e. The molecule has 0 unspecified atom stereocenters. The third-order valence-electron chi connectivity index (χ3n) is 3.57. The second-order valence-electron chi connectivity index (χ2n) is 5.60. The van der Waals surface area contributed by atoms with E-state index in [-0.39, 0.29) is 6.61 Å². The first kappa shape index (κ1) is 16.7. The molecular weight excluding hydrogens is 259 g/mol. The molecule has 6 heteroatoms. The van der Waals surface area contributed by atoms with Crippen LogP contribution in [0, 0.1) is 5.92 Å². The van der Waals surface area contributed by atoms with Crippen molar-refractivity contribution in [3.05, 3.63) is 0 Å². The fourth-order valence-corrected chi connectivity index (χ4v) is 2.28. The van der Waals surface area contributed by atoms with E-state index in [9.17, 15) is 18.3 Å². The fourth-order valence-electron chi connectivity index (χ4n) is 2.28. The summed E-state index contributed by atoms with van der Waals surface area (Å²) in [5.41, 5.74) is -0.640. The molecule has 0 aromatic carbocycles. The lowest BCUT2D eigenvalue weighted by Gasteiger charge is -2.35. The molecule has 0 heterocycles. The van der Waals surface area contributed by atoms with Gasteiger partial charge in [0, 0.05) is 13.2 Å². The second-order valence-corrected chi connectivity index (χ2v) is 5.60. The van der Waals surface area contributed by atoms with Crippen LogP contribution in [0.4, 0.5) is 13.2 Å². The van der Waals surface area contributed by atoms with Gasteiger partial charge >= 0.3 is 6.18 Å². The fraction of sp³-hybridized carbons (Fsp3) is 1.00. The molecular formula is C13H24F3NO2. The van der Waals surface area contributed by atoms with Gasteiger partial charge in [-0.3, -0.25) is 0 Å². The van der Waals surface area contributed by atoms with E-state index in [0.717, 1.165) is 25.7 Å². The molecule has 0 aromatic rings. The van der Waals surface area contributed by atoms with Crippen LogP contribution in [-0.2, 0) is 4.74 Å². The lowest BCUT2D eigenvalue weighted by Crippen LogP contribution is -2.43. The smallest absolute Gasteiger partial charge is 0.389 e. The summed E-state index contributed by atoms with van der Waals surface area (Å²) in [6.07, 6.45) is -0.0683. The first-order chi connectivity index (χ1) is 8.81. The van der Waals surface area contributed by atoms with Crippen molar-refractivity contribution in [2.45, 2.75) is 50.8 Å². The molecule has 1 aliphatic carbocycles. The molecule has 0 bridgehead atoms. The first-order valence-electron chi connectivity index (χ1n) is 6.88. The highest BCUT2D eigenvalue weighted by Gasteiger charge is 2.31. The Labute approximate surface area is 112 Å². The molecule has 19 heavy (non-hydrogen) atoms. The minimum atomic E-state index is -4.25. The minimum Gasteiger partial charge on any atom is -0.389 e. The predicted molar refractivity (Wildman–Crippen MR) is 66.9 cm³/mol. The molecule has 0 aromatic heterocycles. The number of hydrogen-bond acceptors (Lipinski definition) is 3. The molecule has 0 amide bonds. The molecule has 114 valence electrons. The summed E-state index contributed by atoms with van der Waals surface area (Å²) >= 11 is 0. The number of rotatable bonds is 7. The number of aliphatic hydroxyl groups is 1. The molecule has 0 radical (unpaired) electrons. The maximum atomic E-state index is 11.8. The lowest BCUT2D eigenvalue weighted by atomic mass is 9.79. The van der Waals surface area contributed by atoms with Crippen LogP contribution in [-0.4, -0.2) is 43.2 Å². The van der Waals surface area contributed by atoms with Crippen LogP contribution in [0.15, 0.2) is 0 Å². The highest BCUT2D eigenvalue weighted by Crippen LogP contribution is 2.31. The van der Waals surface area contributed by atoms with Crippen molar-refractivity contribution in [3.63, 3.8) is 0 Å². The maximum absolute atomic E-state index is 11.8. The molecule has 0 aliphatic heterocycles. The third-order valence-corrected chi connectivity index (χ3v) is 3.57. The zero-order valence-corrected chi connectivity index (χ0v) is 11.4. The van der Waals surface area contributed by atoms with E-state index in [2.05, 4.69) is 17.0 Å². The quantitative estimate of drug-likeness (QED) is 0.705. The van der Waals surface area contributed by atoms with Crippen LogP contribution >= 0.6 is 0 Å². The van der Waals surface area contributed by atoms with Gasteiger partial charge in [0.15, 0.2) is 0 Å². The standard InChI is InChI=1S/C13H24F3NO2/c1-11-3-5-12(18,6-4-11)9-17-7-2-8-19-10-13(14,15)16/h11,17-18H,2-10H2,1H3. The van der Waals surface area contributed by atoms with E-state index in [4.69, 9.17) is 0 Å². The average molecular weight is 283 g/mol. The van der Waals surface area contributed by atoms with E-state index in [1.807, 2.05) is 0 Å². The monoisotopic (exact) mass is 283 g/mol. The molecule has 3 nitrogen and oxygen atoms in total. The van der Waals surface area contributed by atoms with Crippen molar-refractivity contribution in [3.8, 4) is 0 Å². The Morgan fingerprint density at radius 1 is 1.32 bits per heavy atom. The number of ether oxygens (including phenoxy) is 1. The normalized spacial score (nSPS) is 28.6. The average Bonchev–Trinajstić information content (AvgIpc) is 2.31. The highest BCUT2D eigenvalue weighted by molar-refractivity contribution is 4.86. The summed E-state index contributed by atoms with van der Waals surface area (Å²) in [7, 11) is 0. The van der Waals surface area contributed by atoms with Crippen LogP contribution in [0.2, 0.25) is 0 Å². The Morgan fingerprint density at radius 2 is 1.95 bits per heavy atom. The third kappa shape index (κ3) is 7.74. The molecule has 1 saturated carbocycles. The zero-order chi connectivity index (χ0) is 14.4. The van der Waals surface area contributed by atoms with Crippen molar-refractivity contribution < 1.29 is 23.0 Å². The van der Waals surface area contributed by atoms with Crippen molar-refractivity contribution in [1.29, 1.82) is 0 Å². The van der Waals surface area contributed by atoms with E-state index in [1.165, 1.54) is 0 Å². The Balaban J connectivity index is 1.99. The predicted octanol–water partition coefficient (Wildman–Crippen LogP) is 2.49. The van der Waals surface area contributed by atoms with Gasteiger partial charge in [-0.05, 0) is 44.6 Å². The summed E-state index contributed by atoms with van der Waals surface area (Å²) in [5.74, 6) is 0.677. The molecule has 2 N–H and O–H groups in total. The Morgan fingerprint density at radius 3 is 2.53 bits per heavy atom. The molecule has 0 saturated heterocycles. The Bertz CT molecular complexity index is 251. The van der Waals surface area contributed by atoms with Crippen LogP contribution < -0.4 is 5.32 Å². The van der Waals surface area contributed by atoms with Gasteiger partial charge in [0.05, 0.1) is 5.60 Å². The second kappa shape index (κ2) is 7.45. The number of nitrogens with one attached hydrogen (secondary N) is 1. The van der Waals surface area contributed by atoms with Crippen LogP contribution in [0.3, 0.4) is 0 Å². The number of halogens is 3. The van der Waals surface area contributed by atoms with Crippen molar-refractivity contribution >= 4 is 0 Å². The van der Waals surface area contributed by atoms with E-state index in [0.29, 0.717) is 25.4 Å². The van der Waals surface area contributed by atoms with Crippen LogP contribution in [0.5, 0.6) is 0 Å². The number of alkyl halides is 3. The topological polar surface area (TPSA) is 41.5 Å². The SMILES string of the molecule is CC1CCC(O)(CNCCCOCC(F)(F)F)CC1. The Kier molecular flexibility index (Phi) is 6.56. The van der Waals surface area contributed by atoms with Gasteiger partial charge in [-0.1, -0.05) is 6.92 Å². The lowest BCUT2D eigenvalue weighted by molar-refractivity contribution is -0.173. The van der Waals surface area contributed by atoms with Gasteiger partial charge in [0.25, 0.3) is 0 Å². The van der Waals surface area contributed by atoms with Gasteiger partial charge < -0.3 is 15.2 Å². The molecule has 0 spiro atoms. The summed E-state index contributed by atoms with van der Waals surface area (Å²) < 4.78 is 39.8. The van der Waals surface area contributed by atoms with Gasteiger partial charge in [0.2, 0.25) is 0 Å². The summed E-state index contributed by atoms with van der Waals surface area (Å²) in [6, 6.07) is 0. The van der Waals surface area contributed by atoms with Gasteiger partial charge in [-0.2, -0.15) is 13.2 Å². The van der Waals surface area contributed by atoms with Crippen molar-refractivity contribution in [2.75, 3.05) is 26.3 Å². The molecule has 1 aliphatic rings. The van der Waals surface area contributed by atoms with E-state index < -0.39 is 18.4 Å². The van der Waals surface area contributed by atoms with Crippen molar-refractivity contribution in [2.24, 2.45) is 5.92 Å². The van der Waals surface area contributed by atoms with Gasteiger partial charge in [-0.25, -0.2) is 0 Å². The van der Waals surface area contributed by atoms with Crippen molar-refractivity contribution in [1.82, 2.24) is 5.32 Å². The Hall–Kier alpha value is -0.330. The minimum absolute atomic E-state index is 0.0853. The summed E-state index contributed by atoms with van der Waals surface area (Å²) in [4.78, 5) is 0. The van der Waals surface area contributed by atoms with E-state index in [1.54, 1.807) is 0 Å². The highest BCUT2D eigenvalue weighted by atomic mass is 19.4. The zero-order valence-electron chi connectivity index (χ0n) is 11.4. The van der Waals surface area contributed by atoms with E-state index >= 15 is 0 Å². The molecule has 0 atom stereocenters. The van der Waals surface area contributed by atoms with Crippen LogP contribution in [0.1, 0.15) is 39.0 Å². The molecule has 1 rings (SSSR count). The molecule has 1 fully saturated rings. The van der Waals surface area contributed by atoms with Gasteiger partial charge in [0.1, 0.15) is 6.61 Å². The number of hydrogen-bond donors (Lipinski definition) is 2. The van der Waals surface area contributed by atoms with Crippen LogP contribution in [0.25, 0.3) is 0 Å². The first-order valence-corrected chi connectivity index (χ1v) is 6.88. The maximum Gasteiger partial charge on any atom is 0.411 e. The summed E-state index contributed by atoms with van der Waals surface area (Å²) in [5, 5.41) is 13.4.